The molecule has 6 heteroatoms. The van der Waals surface area contributed by atoms with Crippen molar-refractivity contribution in [3.05, 3.63) is 65.0 Å². The lowest BCUT2D eigenvalue weighted by Crippen LogP contribution is -2.12. The summed E-state index contributed by atoms with van der Waals surface area (Å²) in [5, 5.41) is 4.37. The van der Waals surface area contributed by atoms with Crippen LogP contribution in [0.1, 0.15) is 10.6 Å². The first kappa shape index (κ1) is 15.1. The van der Waals surface area contributed by atoms with Crippen molar-refractivity contribution < 1.29 is 13.9 Å². The average molecular weight is 342 g/mol. The number of nitrogens with one attached hydrogen (secondary N) is 1. The number of hydrogen-bond acceptors (Lipinski definition) is 5. The van der Waals surface area contributed by atoms with E-state index >= 15 is 0 Å². The Morgan fingerprint density at radius 1 is 1.04 bits per heavy atom. The number of aromatic nitrogens is 1. The van der Waals surface area contributed by atoms with E-state index in [2.05, 4.69) is 10.3 Å². The third-order valence-corrected chi connectivity index (χ3v) is 4.77. The highest BCUT2D eigenvalue weighted by molar-refractivity contribution is 7.15. The van der Waals surface area contributed by atoms with Gasteiger partial charge in [0.1, 0.15) is 10.8 Å². The first-order chi connectivity index (χ1) is 11.8. The smallest absolute Gasteiger partial charge is 0.231 e. The Morgan fingerprint density at radius 3 is 2.75 bits per heavy atom. The highest BCUT2D eigenvalue weighted by Crippen LogP contribution is 2.32. The number of ether oxygens (including phenoxy) is 2. The van der Waals surface area contributed by atoms with Gasteiger partial charge in [-0.05, 0) is 35.4 Å². The Morgan fingerprint density at radius 2 is 1.88 bits per heavy atom. The summed E-state index contributed by atoms with van der Waals surface area (Å²) in [6, 6.07) is 12.4. The van der Waals surface area contributed by atoms with Gasteiger partial charge >= 0.3 is 0 Å². The van der Waals surface area contributed by atoms with Crippen LogP contribution in [0.25, 0.3) is 10.4 Å². The van der Waals surface area contributed by atoms with Gasteiger partial charge in [-0.2, -0.15) is 0 Å². The number of halogens is 1. The maximum atomic E-state index is 13.0. The fraction of sp³-hybridized carbons (Fsp3) is 0.167. The standard InChI is InChI=1S/C18H15FN2O2S/c19-14-4-2-13(3-5-14)17-9-21-18(24-17)10-20-8-12-1-6-15-16(7-12)23-11-22-15/h1-7,9,20H,8,10-11H2. The normalized spacial score (nSPS) is 12.5. The SMILES string of the molecule is Fc1ccc(-c2cnc(CNCc3ccc4c(c3)OCO4)s2)cc1. The van der Waals surface area contributed by atoms with Crippen LogP contribution in [-0.2, 0) is 13.1 Å². The zero-order valence-electron chi connectivity index (χ0n) is 12.8. The maximum Gasteiger partial charge on any atom is 0.231 e. The summed E-state index contributed by atoms with van der Waals surface area (Å²) in [6.07, 6.45) is 1.83. The van der Waals surface area contributed by atoms with E-state index in [1.807, 2.05) is 24.4 Å². The lowest BCUT2D eigenvalue weighted by atomic mass is 10.2. The molecule has 2 heterocycles. The van der Waals surface area contributed by atoms with E-state index in [1.165, 1.54) is 12.1 Å². The van der Waals surface area contributed by atoms with Crippen molar-refractivity contribution >= 4 is 11.3 Å². The molecule has 4 rings (SSSR count). The minimum atomic E-state index is -0.228. The monoisotopic (exact) mass is 342 g/mol. The van der Waals surface area contributed by atoms with Crippen molar-refractivity contribution in [2.45, 2.75) is 13.1 Å². The molecule has 24 heavy (non-hydrogen) atoms. The fourth-order valence-corrected chi connectivity index (χ4v) is 3.40. The van der Waals surface area contributed by atoms with Crippen LogP contribution in [0.5, 0.6) is 11.5 Å². The van der Waals surface area contributed by atoms with Gasteiger partial charge in [0, 0.05) is 19.3 Å². The molecule has 4 nitrogen and oxygen atoms in total. The van der Waals surface area contributed by atoms with E-state index in [0.29, 0.717) is 6.54 Å². The molecule has 1 N–H and O–H groups in total. The first-order valence-electron chi connectivity index (χ1n) is 7.58. The Labute approximate surface area is 142 Å². The lowest BCUT2D eigenvalue weighted by molar-refractivity contribution is 0.174. The van der Waals surface area contributed by atoms with E-state index in [9.17, 15) is 4.39 Å². The molecule has 0 saturated heterocycles. The Balaban J connectivity index is 1.36. The summed E-state index contributed by atoms with van der Waals surface area (Å²) in [5.41, 5.74) is 2.12. The van der Waals surface area contributed by atoms with Crippen LogP contribution in [0.4, 0.5) is 4.39 Å². The van der Waals surface area contributed by atoms with Gasteiger partial charge in [-0.15, -0.1) is 11.3 Å². The van der Waals surface area contributed by atoms with Gasteiger partial charge in [-0.25, -0.2) is 9.37 Å². The second kappa shape index (κ2) is 6.59. The molecule has 0 amide bonds. The Kier molecular flexibility index (Phi) is 4.15. The number of nitrogens with zero attached hydrogens (tertiary/aromatic N) is 1. The second-order valence-corrected chi connectivity index (χ2v) is 6.53. The number of fused-ring (bicyclic) bond motifs is 1. The number of thiazole rings is 1. The van der Waals surface area contributed by atoms with Gasteiger partial charge in [-0.3, -0.25) is 0 Å². The van der Waals surface area contributed by atoms with E-state index in [1.54, 1.807) is 23.5 Å². The summed E-state index contributed by atoms with van der Waals surface area (Å²) in [5.74, 6) is 1.36. The molecular weight excluding hydrogens is 327 g/mol. The van der Waals surface area contributed by atoms with Gasteiger partial charge in [0.2, 0.25) is 6.79 Å². The van der Waals surface area contributed by atoms with Crippen molar-refractivity contribution in [3.63, 3.8) is 0 Å². The van der Waals surface area contributed by atoms with Crippen molar-refractivity contribution in [1.82, 2.24) is 10.3 Å². The summed E-state index contributed by atoms with van der Waals surface area (Å²) >= 11 is 1.61. The molecule has 0 unspecified atom stereocenters. The average Bonchev–Trinajstić information content (AvgIpc) is 3.24. The summed E-state index contributed by atoms with van der Waals surface area (Å²) in [4.78, 5) is 5.46. The maximum absolute atomic E-state index is 13.0. The molecule has 3 aromatic rings. The number of hydrogen-bond donors (Lipinski definition) is 1. The second-order valence-electron chi connectivity index (χ2n) is 5.42. The molecule has 122 valence electrons. The Hall–Kier alpha value is -2.44. The highest BCUT2D eigenvalue weighted by Gasteiger charge is 2.13. The van der Waals surface area contributed by atoms with Crippen LogP contribution in [0.3, 0.4) is 0 Å². The van der Waals surface area contributed by atoms with Crippen LogP contribution in [-0.4, -0.2) is 11.8 Å². The van der Waals surface area contributed by atoms with Crippen molar-refractivity contribution in [2.75, 3.05) is 6.79 Å². The van der Waals surface area contributed by atoms with Gasteiger partial charge in [0.15, 0.2) is 11.5 Å². The summed E-state index contributed by atoms with van der Waals surface area (Å²) < 4.78 is 23.7. The Bertz CT molecular complexity index is 848. The molecule has 1 aliphatic heterocycles. The molecule has 0 radical (unpaired) electrons. The molecule has 0 aliphatic carbocycles. The molecular formula is C18H15FN2O2S. The lowest BCUT2D eigenvalue weighted by Gasteiger charge is -2.04. The van der Waals surface area contributed by atoms with Crippen molar-refractivity contribution in [2.24, 2.45) is 0 Å². The molecule has 0 spiro atoms. The topological polar surface area (TPSA) is 43.4 Å². The van der Waals surface area contributed by atoms with Gasteiger partial charge in [0.05, 0.1) is 4.88 Å². The van der Waals surface area contributed by atoms with E-state index in [0.717, 1.165) is 39.1 Å². The van der Waals surface area contributed by atoms with E-state index < -0.39 is 0 Å². The molecule has 0 fully saturated rings. The number of benzene rings is 2. The third-order valence-electron chi connectivity index (χ3n) is 3.72. The fourth-order valence-electron chi connectivity index (χ4n) is 2.50. The predicted octanol–water partition coefficient (Wildman–Crippen LogP) is 3.97. The summed E-state index contributed by atoms with van der Waals surface area (Å²) in [7, 11) is 0. The van der Waals surface area contributed by atoms with Crippen molar-refractivity contribution in [3.8, 4) is 21.9 Å². The summed E-state index contributed by atoms with van der Waals surface area (Å²) in [6.45, 7) is 1.69. The largest absolute Gasteiger partial charge is 0.454 e. The van der Waals surface area contributed by atoms with Crippen molar-refractivity contribution in [1.29, 1.82) is 0 Å². The van der Waals surface area contributed by atoms with Gasteiger partial charge < -0.3 is 14.8 Å². The van der Waals surface area contributed by atoms with Crippen LogP contribution in [0.2, 0.25) is 0 Å². The zero-order valence-corrected chi connectivity index (χ0v) is 13.6. The molecule has 2 aromatic carbocycles. The molecule has 0 bridgehead atoms. The first-order valence-corrected chi connectivity index (χ1v) is 8.39. The minimum absolute atomic E-state index is 0.228. The van der Waals surface area contributed by atoms with Gasteiger partial charge in [-0.1, -0.05) is 18.2 Å². The van der Waals surface area contributed by atoms with E-state index in [-0.39, 0.29) is 12.6 Å². The molecule has 1 aliphatic rings. The molecule has 1 aromatic heterocycles. The van der Waals surface area contributed by atoms with Gasteiger partial charge in [0.25, 0.3) is 0 Å². The van der Waals surface area contributed by atoms with E-state index in [4.69, 9.17) is 9.47 Å². The third kappa shape index (κ3) is 3.25. The van der Waals surface area contributed by atoms with Crippen LogP contribution < -0.4 is 14.8 Å². The highest BCUT2D eigenvalue weighted by atomic mass is 32.1. The molecule has 0 atom stereocenters. The zero-order chi connectivity index (χ0) is 16.4. The number of rotatable bonds is 5. The quantitative estimate of drug-likeness (QED) is 0.762. The van der Waals surface area contributed by atoms with Crippen LogP contribution in [0, 0.1) is 5.82 Å². The predicted molar refractivity (Wildman–Crippen MR) is 90.6 cm³/mol. The van der Waals surface area contributed by atoms with Crippen LogP contribution in [0.15, 0.2) is 48.7 Å². The van der Waals surface area contributed by atoms with Crippen LogP contribution >= 0.6 is 11.3 Å². The molecule has 0 saturated carbocycles. The minimum Gasteiger partial charge on any atom is -0.454 e.